The van der Waals surface area contributed by atoms with E-state index in [1.807, 2.05) is 6.07 Å². The van der Waals surface area contributed by atoms with Gasteiger partial charge in [-0.25, -0.2) is 0 Å². The fourth-order valence-electron chi connectivity index (χ4n) is 3.08. The van der Waals surface area contributed by atoms with Crippen molar-refractivity contribution in [3.63, 3.8) is 0 Å². The third-order valence-electron chi connectivity index (χ3n) is 4.12. The average molecular weight is 364 g/mol. The predicted octanol–water partition coefficient (Wildman–Crippen LogP) is 3.45. The summed E-state index contributed by atoms with van der Waals surface area (Å²) in [5, 5.41) is 12.6. The number of hydrogen-bond donors (Lipinski definition) is 2. The van der Waals surface area contributed by atoms with Gasteiger partial charge < -0.3 is 15.8 Å². The molecule has 0 amide bonds. The lowest BCUT2D eigenvalue weighted by molar-refractivity contribution is -0.274. The van der Waals surface area contributed by atoms with E-state index in [4.69, 9.17) is 5.73 Å². The van der Waals surface area contributed by atoms with Gasteiger partial charge in [0, 0.05) is 19.1 Å². The van der Waals surface area contributed by atoms with Crippen LogP contribution in [0, 0.1) is 11.3 Å². The number of hydrogen-bond acceptors (Lipinski definition) is 4. The van der Waals surface area contributed by atoms with E-state index in [1.165, 1.54) is 12.1 Å². The number of nitriles is 1. The number of nitrogens with two attached hydrogens (primary N) is 1. The van der Waals surface area contributed by atoms with Gasteiger partial charge in [-0.2, -0.15) is 5.26 Å². The number of ether oxygens (including phenoxy) is 1. The van der Waals surface area contributed by atoms with Gasteiger partial charge in [-0.3, -0.25) is 0 Å². The van der Waals surface area contributed by atoms with E-state index in [-0.39, 0.29) is 29.6 Å². The highest BCUT2D eigenvalue weighted by atomic mass is 35.5. The van der Waals surface area contributed by atoms with E-state index in [0.29, 0.717) is 12.6 Å². The molecule has 4 nitrogen and oxygen atoms in total. The van der Waals surface area contributed by atoms with Gasteiger partial charge in [0.05, 0.1) is 11.6 Å². The van der Waals surface area contributed by atoms with E-state index in [1.54, 1.807) is 6.07 Å². The van der Waals surface area contributed by atoms with Crippen molar-refractivity contribution < 1.29 is 17.9 Å². The fourth-order valence-corrected chi connectivity index (χ4v) is 3.08. The Kier molecular flexibility index (Phi) is 7.80. The largest absolute Gasteiger partial charge is 0.573 e. The highest BCUT2D eigenvalue weighted by molar-refractivity contribution is 5.85. The fraction of sp³-hybridized carbons (Fsp3) is 0.562. The Bertz CT molecular complexity index is 567. The summed E-state index contributed by atoms with van der Waals surface area (Å²) in [6.07, 6.45) is -1.01. The first-order valence-corrected chi connectivity index (χ1v) is 7.66. The van der Waals surface area contributed by atoms with Crippen LogP contribution in [0.15, 0.2) is 18.2 Å². The number of alkyl halides is 3. The van der Waals surface area contributed by atoms with Crippen molar-refractivity contribution >= 4 is 12.4 Å². The zero-order valence-electron chi connectivity index (χ0n) is 13.1. The van der Waals surface area contributed by atoms with Crippen molar-refractivity contribution in [2.45, 2.75) is 44.0 Å². The zero-order chi connectivity index (χ0) is 16.9. The molecule has 134 valence electrons. The van der Waals surface area contributed by atoms with Crippen LogP contribution < -0.4 is 15.8 Å². The van der Waals surface area contributed by atoms with E-state index in [9.17, 15) is 18.4 Å². The van der Waals surface area contributed by atoms with Crippen LogP contribution in [0.4, 0.5) is 13.2 Å². The van der Waals surface area contributed by atoms with Crippen LogP contribution in [0.25, 0.3) is 0 Å². The van der Waals surface area contributed by atoms with Gasteiger partial charge in [0.25, 0.3) is 0 Å². The first-order chi connectivity index (χ1) is 10.9. The summed E-state index contributed by atoms with van der Waals surface area (Å²) in [5.74, 6) is -0.156. The Morgan fingerprint density at radius 1 is 1.25 bits per heavy atom. The van der Waals surface area contributed by atoms with Gasteiger partial charge in [0.15, 0.2) is 0 Å². The molecule has 1 aromatic rings. The van der Waals surface area contributed by atoms with Crippen LogP contribution in [-0.4, -0.2) is 25.5 Å². The van der Waals surface area contributed by atoms with Crippen molar-refractivity contribution in [1.82, 2.24) is 5.32 Å². The molecule has 1 aromatic carbocycles. The maximum absolute atomic E-state index is 12.3. The standard InChI is InChI=1S/C16H20F3N3O.ClH/c17-16(18,19)23-14-5-6-15(12(9-14)10-21)11-1-3-13(4-2-11)22-8-7-20;/h5-6,9,11,13,22H,1-4,7-8,20H2;1H. The molecule has 1 aliphatic carbocycles. The molecule has 0 heterocycles. The second-order valence-electron chi connectivity index (χ2n) is 5.70. The second-order valence-corrected chi connectivity index (χ2v) is 5.70. The number of nitrogens with zero attached hydrogens (tertiary/aromatic N) is 1. The normalized spacial score (nSPS) is 20.8. The molecular weight excluding hydrogens is 343 g/mol. The first kappa shape index (κ1) is 20.6. The lowest BCUT2D eigenvalue weighted by Gasteiger charge is -2.30. The molecule has 1 fully saturated rings. The second kappa shape index (κ2) is 9.11. The number of halogens is 4. The van der Waals surface area contributed by atoms with Crippen LogP contribution in [-0.2, 0) is 0 Å². The van der Waals surface area contributed by atoms with Crippen LogP contribution in [0.2, 0.25) is 0 Å². The first-order valence-electron chi connectivity index (χ1n) is 7.66. The van der Waals surface area contributed by atoms with E-state index in [2.05, 4.69) is 10.1 Å². The summed E-state index contributed by atoms with van der Waals surface area (Å²) in [5.41, 5.74) is 6.53. The Morgan fingerprint density at radius 3 is 2.46 bits per heavy atom. The molecule has 0 atom stereocenters. The van der Waals surface area contributed by atoms with Gasteiger partial charge in [-0.1, -0.05) is 6.07 Å². The number of nitrogens with one attached hydrogen (secondary N) is 1. The summed E-state index contributed by atoms with van der Waals surface area (Å²) in [6.45, 7) is 1.38. The number of benzene rings is 1. The Balaban J connectivity index is 0.00000288. The van der Waals surface area contributed by atoms with E-state index in [0.717, 1.165) is 37.8 Å². The van der Waals surface area contributed by atoms with E-state index >= 15 is 0 Å². The van der Waals surface area contributed by atoms with Gasteiger partial charge in [0.1, 0.15) is 5.75 Å². The van der Waals surface area contributed by atoms with Gasteiger partial charge in [0.2, 0.25) is 0 Å². The quantitative estimate of drug-likeness (QED) is 0.840. The third kappa shape index (κ3) is 5.86. The van der Waals surface area contributed by atoms with Gasteiger partial charge in [-0.15, -0.1) is 25.6 Å². The predicted molar refractivity (Wildman–Crippen MR) is 87.1 cm³/mol. The maximum atomic E-state index is 12.3. The molecule has 0 unspecified atom stereocenters. The third-order valence-corrected chi connectivity index (χ3v) is 4.12. The van der Waals surface area contributed by atoms with Crippen molar-refractivity contribution in [1.29, 1.82) is 5.26 Å². The number of rotatable bonds is 5. The summed E-state index contributed by atoms with van der Waals surface area (Å²) < 4.78 is 40.6. The molecule has 2 rings (SSSR count). The monoisotopic (exact) mass is 363 g/mol. The van der Waals surface area contributed by atoms with Crippen LogP contribution in [0.1, 0.15) is 42.7 Å². The summed E-state index contributed by atoms with van der Waals surface area (Å²) in [7, 11) is 0. The molecule has 1 saturated carbocycles. The van der Waals surface area contributed by atoms with Crippen molar-refractivity contribution in [3.8, 4) is 11.8 Å². The lowest BCUT2D eigenvalue weighted by Crippen LogP contribution is -2.36. The molecular formula is C16H21ClF3N3O. The van der Waals surface area contributed by atoms with Crippen LogP contribution in [0.5, 0.6) is 5.75 Å². The Labute approximate surface area is 145 Å². The van der Waals surface area contributed by atoms with Crippen LogP contribution in [0.3, 0.4) is 0 Å². The molecule has 0 radical (unpaired) electrons. The maximum Gasteiger partial charge on any atom is 0.573 e. The lowest BCUT2D eigenvalue weighted by atomic mass is 9.80. The highest BCUT2D eigenvalue weighted by Crippen LogP contribution is 2.36. The highest BCUT2D eigenvalue weighted by Gasteiger charge is 2.31. The van der Waals surface area contributed by atoms with Crippen molar-refractivity contribution in [2.24, 2.45) is 5.73 Å². The van der Waals surface area contributed by atoms with E-state index < -0.39 is 6.36 Å². The molecule has 0 aliphatic heterocycles. The average Bonchev–Trinajstić information content (AvgIpc) is 2.52. The van der Waals surface area contributed by atoms with Crippen molar-refractivity contribution in [2.75, 3.05) is 13.1 Å². The molecule has 0 saturated heterocycles. The SMILES string of the molecule is Cl.N#Cc1cc(OC(F)(F)F)ccc1C1CCC(NCCN)CC1. The molecule has 0 spiro atoms. The Hall–Kier alpha value is -1.49. The Morgan fingerprint density at radius 2 is 1.92 bits per heavy atom. The minimum absolute atomic E-state index is 0. The minimum Gasteiger partial charge on any atom is -0.406 e. The topological polar surface area (TPSA) is 71.1 Å². The summed E-state index contributed by atoms with van der Waals surface area (Å²) >= 11 is 0. The molecule has 1 aliphatic rings. The smallest absolute Gasteiger partial charge is 0.406 e. The summed E-state index contributed by atoms with van der Waals surface area (Å²) in [4.78, 5) is 0. The summed E-state index contributed by atoms with van der Waals surface area (Å²) in [6, 6.07) is 6.44. The van der Waals surface area contributed by atoms with Gasteiger partial charge >= 0.3 is 6.36 Å². The zero-order valence-corrected chi connectivity index (χ0v) is 13.9. The molecule has 0 aromatic heterocycles. The minimum atomic E-state index is -4.75. The molecule has 24 heavy (non-hydrogen) atoms. The molecule has 8 heteroatoms. The van der Waals surface area contributed by atoms with Crippen LogP contribution >= 0.6 is 12.4 Å². The molecule has 0 bridgehead atoms. The van der Waals surface area contributed by atoms with Gasteiger partial charge in [-0.05, 0) is 49.3 Å². The molecule has 3 N–H and O–H groups in total. The van der Waals surface area contributed by atoms with Crippen molar-refractivity contribution in [3.05, 3.63) is 29.3 Å².